The number of amides is 1. The highest BCUT2D eigenvalue weighted by atomic mass is 32.1. The average Bonchev–Trinajstić information content (AvgIpc) is 3.22. The summed E-state index contributed by atoms with van der Waals surface area (Å²) in [6, 6.07) is 17.0. The molecule has 1 amide bonds. The standard InChI is InChI=1S/C25H24N4O4S/c1-4-32-24(31)22-16(2)26-25(34-22)29(14-18-10-6-5-7-11-18)21(30)15-33-23-19-12-8-9-13-20(19)27-17(3)28-23/h5-13H,4,14-15H2,1-3H3. The van der Waals surface area contributed by atoms with E-state index in [1.165, 1.54) is 4.90 Å². The van der Waals surface area contributed by atoms with Crippen molar-refractivity contribution in [2.45, 2.75) is 27.3 Å². The van der Waals surface area contributed by atoms with Gasteiger partial charge in [-0.05, 0) is 38.5 Å². The van der Waals surface area contributed by atoms with Crippen LogP contribution in [0.15, 0.2) is 54.6 Å². The number of aromatic nitrogens is 3. The SMILES string of the molecule is CCOC(=O)c1sc(N(Cc2ccccc2)C(=O)COc2nc(C)nc3ccccc23)nc1C. The Morgan fingerprint density at radius 3 is 2.47 bits per heavy atom. The molecule has 34 heavy (non-hydrogen) atoms. The molecule has 4 aromatic rings. The summed E-state index contributed by atoms with van der Waals surface area (Å²) in [5.41, 5.74) is 2.18. The molecule has 0 saturated heterocycles. The van der Waals surface area contributed by atoms with Gasteiger partial charge in [-0.1, -0.05) is 53.8 Å². The summed E-state index contributed by atoms with van der Waals surface area (Å²) < 4.78 is 11.0. The van der Waals surface area contributed by atoms with E-state index in [0.29, 0.717) is 27.4 Å². The van der Waals surface area contributed by atoms with E-state index in [1.54, 1.807) is 20.8 Å². The van der Waals surface area contributed by atoms with Crippen molar-refractivity contribution in [2.75, 3.05) is 18.1 Å². The molecule has 0 radical (unpaired) electrons. The summed E-state index contributed by atoms with van der Waals surface area (Å²) >= 11 is 1.13. The average molecular weight is 477 g/mol. The van der Waals surface area contributed by atoms with Crippen LogP contribution in [0.4, 0.5) is 5.13 Å². The number of rotatable bonds is 8. The Bertz CT molecular complexity index is 1320. The summed E-state index contributed by atoms with van der Waals surface area (Å²) in [5.74, 6) is 0.138. The predicted molar refractivity (Wildman–Crippen MR) is 130 cm³/mol. The molecule has 0 bridgehead atoms. The van der Waals surface area contributed by atoms with Gasteiger partial charge in [-0.2, -0.15) is 4.98 Å². The maximum Gasteiger partial charge on any atom is 0.350 e. The minimum absolute atomic E-state index is 0.249. The third-order valence-corrected chi connectivity index (χ3v) is 6.13. The number of para-hydroxylation sites is 1. The van der Waals surface area contributed by atoms with Crippen LogP contribution in [0, 0.1) is 13.8 Å². The zero-order valence-electron chi connectivity index (χ0n) is 19.1. The Hall–Kier alpha value is -3.85. The lowest BCUT2D eigenvalue weighted by Gasteiger charge is -2.20. The third kappa shape index (κ3) is 5.20. The van der Waals surface area contributed by atoms with E-state index in [2.05, 4.69) is 15.0 Å². The van der Waals surface area contributed by atoms with Crippen LogP contribution >= 0.6 is 11.3 Å². The van der Waals surface area contributed by atoms with Crippen molar-refractivity contribution in [3.05, 3.63) is 76.6 Å². The molecule has 2 aromatic heterocycles. The van der Waals surface area contributed by atoms with Crippen LogP contribution in [0.2, 0.25) is 0 Å². The van der Waals surface area contributed by atoms with Crippen molar-refractivity contribution in [2.24, 2.45) is 0 Å². The largest absolute Gasteiger partial charge is 0.467 e. The Morgan fingerprint density at radius 2 is 1.71 bits per heavy atom. The van der Waals surface area contributed by atoms with Gasteiger partial charge in [0, 0.05) is 0 Å². The summed E-state index contributed by atoms with van der Waals surface area (Å²) in [7, 11) is 0. The molecule has 9 heteroatoms. The summed E-state index contributed by atoms with van der Waals surface area (Å²) in [5, 5.41) is 1.13. The first-order chi connectivity index (χ1) is 16.5. The number of benzene rings is 2. The lowest BCUT2D eigenvalue weighted by molar-refractivity contribution is -0.120. The van der Waals surface area contributed by atoms with E-state index in [-0.39, 0.29) is 25.7 Å². The number of hydrogen-bond acceptors (Lipinski definition) is 8. The maximum atomic E-state index is 13.4. The van der Waals surface area contributed by atoms with Crippen LogP contribution in [0.1, 0.15) is 33.7 Å². The zero-order valence-corrected chi connectivity index (χ0v) is 20.0. The quantitative estimate of drug-likeness (QED) is 0.346. The van der Waals surface area contributed by atoms with Gasteiger partial charge in [0.2, 0.25) is 5.88 Å². The van der Waals surface area contributed by atoms with Gasteiger partial charge < -0.3 is 9.47 Å². The molecule has 0 N–H and O–H groups in total. The molecule has 0 aliphatic rings. The highest BCUT2D eigenvalue weighted by molar-refractivity contribution is 7.17. The molecule has 174 valence electrons. The van der Waals surface area contributed by atoms with Crippen molar-refractivity contribution >= 4 is 39.2 Å². The van der Waals surface area contributed by atoms with E-state index < -0.39 is 5.97 Å². The number of carbonyl (C=O) groups is 2. The van der Waals surface area contributed by atoms with E-state index in [0.717, 1.165) is 27.8 Å². The number of fused-ring (bicyclic) bond motifs is 1. The molecule has 0 unspecified atom stereocenters. The van der Waals surface area contributed by atoms with Crippen molar-refractivity contribution in [1.82, 2.24) is 15.0 Å². The van der Waals surface area contributed by atoms with E-state index in [9.17, 15) is 9.59 Å². The number of aryl methyl sites for hydroxylation is 2. The van der Waals surface area contributed by atoms with Gasteiger partial charge in [0.25, 0.3) is 5.91 Å². The number of esters is 1. The molecule has 0 fully saturated rings. The fraction of sp³-hybridized carbons (Fsp3) is 0.240. The van der Waals surface area contributed by atoms with Crippen LogP contribution in [-0.2, 0) is 16.1 Å². The monoisotopic (exact) mass is 476 g/mol. The van der Waals surface area contributed by atoms with Crippen LogP contribution < -0.4 is 9.64 Å². The van der Waals surface area contributed by atoms with E-state index in [4.69, 9.17) is 9.47 Å². The molecule has 2 heterocycles. The zero-order chi connectivity index (χ0) is 24.1. The molecule has 0 spiro atoms. The van der Waals surface area contributed by atoms with Gasteiger partial charge >= 0.3 is 5.97 Å². The molecule has 0 saturated carbocycles. The van der Waals surface area contributed by atoms with Gasteiger partial charge in [0.1, 0.15) is 10.7 Å². The second kappa shape index (κ2) is 10.4. The molecular formula is C25H24N4O4S. The molecule has 2 aromatic carbocycles. The van der Waals surface area contributed by atoms with Crippen molar-refractivity contribution in [3.63, 3.8) is 0 Å². The lowest BCUT2D eigenvalue weighted by Crippen LogP contribution is -2.34. The fourth-order valence-corrected chi connectivity index (χ4v) is 4.37. The Labute approximate surface area is 201 Å². The minimum atomic E-state index is -0.449. The van der Waals surface area contributed by atoms with Crippen LogP contribution in [0.3, 0.4) is 0 Å². The van der Waals surface area contributed by atoms with E-state index >= 15 is 0 Å². The summed E-state index contributed by atoms with van der Waals surface area (Å²) in [4.78, 5) is 40.8. The molecule has 0 aliphatic heterocycles. The lowest BCUT2D eigenvalue weighted by atomic mass is 10.2. The molecule has 8 nitrogen and oxygen atoms in total. The molecule has 0 atom stereocenters. The number of carbonyl (C=O) groups excluding carboxylic acids is 2. The summed E-state index contributed by atoms with van der Waals surface area (Å²) in [6.07, 6.45) is 0. The van der Waals surface area contributed by atoms with Gasteiger partial charge in [-0.15, -0.1) is 0 Å². The number of thiazole rings is 1. The molecular weight excluding hydrogens is 452 g/mol. The number of hydrogen-bond donors (Lipinski definition) is 0. The second-order valence-electron chi connectivity index (χ2n) is 7.48. The highest BCUT2D eigenvalue weighted by Gasteiger charge is 2.25. The van der Waals surface area contributed by atoms with Crippen LogP contribution in [0.5, 0.6) is 5.88 Å². The number of nitrogens with zero attached hydrogens (tertiary/aromatic N) is 4. The van der Waals surface area contributed by atoms with Crippen molar-refractivity contribution in [1.29, 1.82) is 0 Å². The Morgan fingerprint density at radius 1 is 0.971 bits per heavy atom. The fourth-order valence-electron chi connectivity index (χ4n) is 3.39. The van der Waals surface area contributed by atoms with Crippen LogP contribution in [-0.4, -0.2) is 40.0 Å². The molecule has 0 aliphatic carbocycles. The molecule has 4 rings (SSSR count). The number of anilines is 1. The van der Waals surface area contributed by atoms with Gasteiger partial charge in [0.15, 0.2) is 11.7 Å². The smallest absolute Gasteiger partial charge is 0.350 e. The normalized spacial score (nSPS) is 10.8. The first-order valence-corrected chi connectivity index (χ1v) is 11.6. The number of ether oxygens (including phenoxy) is 2. The third-order valence-electron chi connectivity index (χ3n) is 4.97. The summed E-state index contributed by atoms with van der Waals surface area (Å²) in [6.45, 7) is 5.54. The van der Waals surface area contributed by atoms with E-state index in [1.807, 2.05) is 54.6 Å². The van der Waals surface area contributed by atoms with Gasteiger partial charge in [-0.25, -0.2) is 14.8 Å². The predicted octanol–water partition coefficient (Wildman–Crippen LogP) is 4.49. The van der Waals surface area contributed by atoms with Crippen molar-refractivity contribution in [3.8, 4) is 5.88 Å². The van der Waals surface area contributed by atoms with Gasteiger partial charge in [0.05, 0.1) is 29.7 Å². The first-order valence-electron chi connectivity index (χ1n) is 10.8. The first kappa shape index (κ1) is 23.3. The minimum Gasteiger partial charge on any atom is -0.467 e. The Kier molecular flexibility index (Phi) is 7.12. The highest BCUT2D eigenvalue weighted by Crippen LogP contribution is 2.29. The maximum absolute atomic E-state index is 13.4. The van der Waals surface area contributed by atoms with Crippen LogP contribution in [0.25, 0.3) is 10.9 Å². The topological polar surface area (TPSA) is 94.5 Å². The van der Waals surface area contributed by atoms with Gasteiger partial charge in [-0.3, -0.25) is 9.69 Å². The Balaban J connectivity index is 1.61. The van der Waals surface area contributed by atoms with Crippen molar-refractivity contribution < 1.29 is 19.1 Å². The second-order valence-corrected chi connectivity index (χ2v) is 8.46.